The van der Waals surface area contributed by atoms with Gasteiger partial charge in [-0.15, -0.1) is 11.8 Å². The largest absolute Gasteiger partial charge is 0.360 e. The van der Waals surface area contributed by atoms with E-state index in [1.165, 1.54) is 11.8 Å². The predicted octanol–water partition coefficient (Wildman–Crippen LogP) is 1.24. The first-order chi connectivity index (χ1) is 10.8. The first-order valence-electron chi connectivity index (χ1n) is 7.66. The second-order valence-electron chi connectivity index (χ2n) is 6.35. The Hall–Kier alpha value is -1.54. The van der Waals surface area contributed by atoms with Crippen LogP contribution < -0.4 is 11.1 Å². The lowest BCUT2D eigenvalue weighted by Gasteiger charge is -2.22. The standard InChI is InChI=1S/C15H24N4O3S/c1-10-6-12(18-22-10)17-14(21)11(2)23-7-13(20)19-5-4-15(3,8-16)9-19/h6,11H,4-5,7-9,16H2,1-3H3,(H,17,18,21). The number of carbonyl (C=O) groups excluding carboxylic acids is 2. The van der Waals surface area contributed by atoms with Gasteiger partial charge < -0.3 is 20.5 Å². The van der Waals surface area contributed by atoms with Crippen molar-refractivity contribution in [3.63, 3.8) is 0 Å². The molecular formula is C15H24N4O3S. The normalized spacial score (nSPS) is 22.2. The Morgan fingerprint density at radius 3 is 2.91 bits per heavy atom. The van der Waals surface area contributed by atoms with Crippen molar-refractivity contribution < 1.29 is 14.1 Å². The number of nitrogens with two attached hydrogens (primary N) is 1. The lowest BCUT2D eigenvalue weighted by molar-refractivity contribution is -0.127. The van der Waals surface area contributed by atoms with E-state index in [1.54, 1.807) is 19.9 Å². The zero-order chi connectivity index (χ0) is 17.0. The van der Waals surface area contributed by atoms with Gasteiger partial charge in [-0.25, -0.2) is 0 Å². The van der Waals surface area contributed by atoms with Crippen LogP contribution in [0.3, 0.4) is 0 Å². The van der Waals surface area contributed by atoms with Gasteiger partial charge in [-0.2, -0.15) is 0 Å². The summed E-state index contributed by atoms with van der Waals surface area (Å²) >= 11 is 1.32. The third kappa shape index (κ3) is 4.71. The predicted molar refractivity (Wildman–Crippen MR) is 90.1 cm³/mol. The Labute approximate surface area is 140 Å². The quantitative estimate of drug-likeness (QED) is 0.808. The van der Waals surface area contributed by atoms with Gasteiger partial charge in [0.1, 0.15) is 5.76 Å². The number of rotatable bonds is 6. The first kappa shape index (κ1) is 17.8. The Morgan fingerprint density at radius 1 is 1.61 bits per heavy atom. The highest BCUT2D eigenvalue weighted by Crippen LogP contribution is 2.29. The monoisotopic (exact) mass is 340 g/mol. The lowest BCUT2D eigenvalue weighted by atomic mass is 9.90. The van der Waals surface area contributed by atoms with Gasteiger partial charge in [0.2, 0.25) is 11.8 Å². The topological polar surface area (TPSA) is 101 Å². The molecular weight excluding hydrogens is 316 g/mol. The van der Waals surface area contributed by atoms with Gasteiger partial charge in [0, 0.05) is 19.2 Å². The highest BCUT2D eigenvalue weighted by atomic mass is 32.2. The maximum atomic E-state index is 12.2. The van der Waals surface area contributed by atoms with Gasteiger partial charge in [0.05, 0.1) is 11.0 Å². The molecule has 0 bridgehead atoms. The fourth-order valence-corrected chi connectivity index (χ4v) is 3.21. The van der Waals surface area contributed by atoms with E-state index in [4.69, 9.17) is 10.3 Å². The SMILES string of the molecule is Cc1cc(NC(=O)C(C)SCC(=O)N2CCC(C)(CN)C2)no1. The summed E-state index contributed by atoms with van der Waals surface area (Å²) in [6.45, 7) is 7.65. The van der Waals surface area contributed by atoms with Crippen LogP contribution in [0.4, 0.5) is 5.82 Å². The van der Waals surface area contributed by atoms with Gasteiger partial charge in [0.25, 0.3) is 0 Å². The van der Waals surface area contributed by atoms with Crippen LogP contribution in [0.5, 0.6) is 0 Å². The summed E-state index contributed by atoms with van der Waals surface area (Å²) in [5.74, 6) is 1.18. The average molecular weight is 340 g/mol. The molecule has 0 aliphatic carbocycles. The molecule has 1 aliphatic heterocycles. The number of thioether (sulfide) groups is 1. The van der Waals surface area contributed by atoms with Crippen LogP contribution >= 0.6 is 11.8 Å². The van der Waals surface area contributed by atoms with E-state index in [9.17, 15) is 9.59 Å². The molecule has 2 atom stereocenters. The van der Waals surface area contributed by atoms with Crippen LogP contribution in [0.1, 0.15) is 26.0 Å². The number of hydrogen-bond donors (Lipinski definition) is 2. The van der Waals surface area contributed by atoms with Crippen molar-refractivity contribution in [3.05, 3.63) is 11.8 Å². The summed E-state index contributed by atoms with van der Waals surface area (Å²) in [6, 6.07) is 1.65. The Balaban J connectivity index is 1.76. The molecule has 8 heteroatoms. The van der Waals surface area contributed by atoms with E-state index in [0.717, 1.165) is 13.0 Å². The van der Waals surface area contributed by atoms with E-state index in [2.05, 4.69) is 17.4 Å². The summed E-state index contributed by atoms with van der Waals surface area (Å²) in [7, 11) is 0. The van der Waals surface area contributed by atoms with E-state index < -0.39 is 0 Å². The second-order valence-corrected chi connectivity index (χ2v) is 7.67. The molecule has 0 aromatic carbocycles. The average Bonchev–Trinajstić information content (AvgIpc) is 3.11. The number of hydrogen-bond acceptors (Lipinski definition) is 6. The molecule has 2 unspecified atom stereocenters. The number of anilines is 1. The number of aromatic nitrogens is 1. The van der Waals surface area contributed by atoms with Crippen molar-refractivity contribution >= 4 is 29.4 Å². The summed E-state index contributed by atoms with van der Waals surface area (Å²) in [5.41, 5.74) is 5.78. The fraction of sp³-hybridized carbons (Fsp3) is 0.667. The van der Waals surface area contributed by atoms with Crippen molar-refractivity contribution in [3.8, 4) is 0 Å². The number of carbonyl (C=O) groups is 2. The number of likely N-dealkylation sites (tertiary alicyclic amines) is 1. The molecule has 0 spiro atoms. The van der Waals surface area contributed by atoms with Crippen molar-refractivity contribution in [2.45, 2.75) is 32.4 Å². The molecule has 7 nitrogen and oxygen atoms in total. The smallest absolute Gasteiger partial charge is 0.238 e. The summed E-state index contributed by atoms with van der Waals surface area (Å²) in [4.78, 5) is 26.1. The lowest BCUT2D eigenvalue weighted by Crippen LogP contribution is -2.36. The number of aryl methyl sites for hydroxylation is 1. The Morgan fingerprint density at radius 2 is 2.35 bits per heavy atom. The second kappa shape index (κ2) is 7.35. The van der Waals surface area contributed by atoms with Gasteiger partial charge in [-0.05, 0) is 32.2 Å². The van der Waals surface area contributed by atoms with Crippen LogP contribution in [-0.4, -0.2) is 52.5 Å². The maximum absolute atomic E-state index is 12.2. The van der Waals surface area contributed by atoms with Gasteiger partial charge in [0.15, 0.2) is 5.82 Å². The fourth-order valence-electron chi connectivity index (χ4n) is 2.42. The van der Waals surface area contributed by atoms with Crippen LogP contribution in [0, 0.1) is 12.3 Å². The molecule has 1 fully saturated rings. The highest BCUT2D eigenvalue weighted by Gasteiger charge is 2.34. The molecule has 1 aromatic rings. The maximum Gasteiger partial charge on any atom is 0.238 e. The minimum Gasteiger partial charge on any atom is -0.360 e. The third-order valence-corrected chi connectivity index (χ3v) is 5.24. The molecule has 1 aliphatic rings. The first-order valence-corrected chi connectivity index (χ1v) is 8.71. The third-order valence-electron chi connectivity index (χ3n) is 4.11. The molecule has 0 radical (unpaired) electrons. The zero-order valence-corrected chi connectivity index (χ0v) is 14.6. The molecule has 128 valence electrons. The molecule has 3 N–H and O–H groups in total. The molecule has 2 rings (SSSR count). The van der Waals surface area contributed by atoms with Crippen molar-refractivity contribution in [2.75, 3.05) is 30.7 Å². The molecule has 1 saturated heterocycles. The van der Waals surface area contributed by atoms with E-state index in [1.807, 2.05) is 4.90 Å². The van der Waals surface area contributed by atoms with Crippen molar-refractivity contribution in [1.29, 1.82) is 0 Å². The highest BCUT2D eigenvalue weighted by molar-refractivity contribution is 8.01. The van der Waals surface area contributed by atoms with Gasteiger partial charge in [-0.3, -0.25) is 9.59 Å². The van der Waals surface area contributed by atoms with E-state index in [-0.39, 0.29) is 28.2 Å². The molecule has 2 heterocycles. The van der Waals surface area contributed by atoms with E-state index >= 15 is 0 Å². The summed E-state index contributed by atoms with van der Waals surface area (Å²) in [6.07, 6.45) is 0.932. The molecule has 1 aromatic heterocycles. The van der Waals surface area contributed by atoms with Crippen LogP contribution in [0.2, 0.25) is 0 Å². The summed E-state index contributed by atoms with van der Waals surface area (Å²) in [5, 5.41) is 6.04. The minimum atomic E-state index is -0.348. The molecule has 23 heavy (non-hydrogen) atoms. The van der Waals surface area contributed by atoms with Crippen molar-refractivity contribution in [2.24, 2.45) is 11.1 Å². The zero-order valence-electron chi connectivity index (χ0n) is 13.8. The van der Waals surface area contributed by atoms with Crippen LogP contribution in [0.25, 0.3) is 0 Å². The van der Waals surface area contributed by atoms with Crippen LogP contribution in [0.15, 0.2) is 10.6 Å². The number of nitrogens with zero attached hydrogens (tertiary/aromatic N) is 2. The van der Waals surface area contributed by atoms with Gasteiger partial charge >= 0.3 is 0 Å². The van der Waals surface area contributed by atoms with Crippen LogP contribution in [-0.2, 0) is 9.59 Å². The Kier molecular flexibility index (Phi) is 5.69. The number of amides is 2. The number of nitrogens with one attached hydrogen (secondary N) is 1. The molecule has 0 saturated carbocycles. The van der Waals surface area contributed by atoms with E-state index in [0.29, 0.717) is 24.7 Å². The molecule has 2 amide bonds. The van der Waals surface area contributed by atoms with Gasteiger partial charge in [-0.1, -0.05) is 12.1 Å². The Bertz CT molecular complexity index is 577. The minimum absolute atomic E-state index is 0.0220. The van der Waals surface area contributed by atoms with Crippen molar-refractivity contribution in [1.82, 2.24) is 10.1 Å². The summed E-state index contributed by atoms with van der Waals surface area (Å²) < 4.78 is 4.90.